The van der Waals surface area contributed by atoms with Crippen molar-refractivity contribution in [2.24, 2.45) is 0 Å². The van der Waals surface area contributed by atoms with E-state index in [1.165, 1.54) is 0 Å². The first-order valence-corrected chi connectivity index (χ1v) is 6.98. The van der Waals surface area contributed by atoms with Gasteiger partial charge < -0.3 is 10.2 Å². The monoisotopic (exact) mass is 281 g/mol. The van der Waals surface area contributed by atoms with Crippen molar-refractivity contribution in [3.8, 4) is 11.3 Å². The lowest BCUT2D eigenvalue weighted by atomic mass is 10.2. The van der Waals surface area contributed by atoms with Gasteiger partial charge >= 0.3 is 0 Å². The minimum atomic E-state index is 0.789. The van der Waals surface area contributed by atoms with Crippen LogP contribution >= 0.6 is 0 Å². The fourth-order valence-electron chi connectivity index (χ4n) is 2.55. The molecule has 106 valence electrons. The molecule has 1 aliphatic rings. The molecule has 4 rings (SSSR count). The Balaban J connectivity index is 1.79. The molecular formula is C14H15N7. The van der Waals surface area contributed by atoms with E-state index in [4.69, 9.17) is 4.98 Å². The highest BCUT2D eigenvalue weighted by molar-refractivity contribution is 5.74. The zero-order valence-electron chi connectivity index (χ0n) is 11.5. The van der Waals surface area contributed by atoms with Gasteiger partial charge in [0.2, 0.25) is 0 Å². The van der Waals surface area contributed by atoms with Crippen molar-refractivity contribution in [2.45, 2.75) is 0 Å². The number of piperazine rings is 1. The summed E-state index contributed by atoms with van der Waals surface area (Å²) in [7, 11) is 0. The van der Waals surface area contributed by atoms with Crippen molar-refractivity contribution >= 4 is 11.5 Å². The first-order chi connectivity index (χ1) is 10.4. The highest BCUT2D eigenvalue weighted by Gasteiger charge is 2.15. The van der Waals surface area contributed by atoms with Crippen LogP contribution in [0.25, 0.3) is 16.9 Å². The molecule has 1 fully saturated rings. The molecule has 0 bridgehead atoms. The number of aromatic nitrogens is 5. The van der Waals surface area contributed by atoms with Crippen LogP contribution in [0, 0.1) is 0 Å². The lowest BCUT2D eigenvalue weighted by Gasteiger charge is -2.28. The van der Waals surface area contributed by atoms with Gasteiger partial charge in [-0.25, -0.2) is 9.50 Å². The standard InChI is InChI=1S/C14H15N7/c1-6-21-14(19-13(1)20-7-4-15-5-8-20)11(9-18-21)12-10-16-2-3-17-12/h1-3,6,9-10,15H,4-5,7-8H2. The van der Waals surface area contributed by atoms with Crippen LogP contribution in [0.3, 0.4) is 0 Å². The summed E-state index contributed by atoms with van der Waals surface area (Å²) in [5, 5.41) is 7.69. The van der Waals surface area contributed by atoms with E-state index < -0.39 is 0 Å². The molecule has 0 unspecified atom stereocenters. The maximum atomic E-state index is 4.77. The molecule has 3 aromatic rings. The number of fused-ring (bicyclic) bond motifs is 1. The zero-order chi connectivity index (χ0) is 14.1. The Labute approximate surface area is 121 Å². The summed E-state index contributed by atoms with van der Waals surface area (Å²) in [5.41, 5.74) is 2.50. The van der Waals surface area contributed by atoms with Crippen LogP contribution in [0.15, 0.2) is 37.1 Å². The van der Waals surface area contributed by atoms with Crippen LogP contribution in [-0.4, -0.2) is 50.7 Å². The topological polar surface area (TPSA) is 71.2 Å². The van der Waals surface area contributed by atoms with E-state index >= 15 is 0 Å². The summed E-state index contributed by atoms with van der Waals surface area (Å²) in [6.07, 6.45) is 8.80. The van der Waals surface area contributed by atoms with E-state index in [1.54, 1.807) is 29.3 Å². The molecule has 1 aliphatic heterocycles. The zero-order valence-corrected chi connectivity index (χ0v) is 11.5. The molecule has 0 spiro atoms. The van der Waals surface area contributed by atoms with Gasteiger partial charge in [-0.1, -0.05) is 0 Å². The summed E-state index contributed by atoms with van der Waals surface area (Å²) in [6.45, 7) is 3.92. The Bertz CT molecular complexity index is 746. The normalized spacial score (nSPS) is 15.5. The van der Waals surface area contributed by atoms with Crippen LogP contribution in [-0.2, 0) is 0 Å². The number of nitrogens with zero attached hydrogens (tertiary/aromatic N) is 6. The Hall–Kier alpha value is -2.54. The Morgan fingerprint density at radius 2 is 2.00 bits per heavy atom. The van der Waals surface area contributed by atoms with Gasteiger partial charge in [-0.15, -0.1) is 0 Å². The summed E-state index contributed by atoms with van der Waals surface area (Å²) in [6, 6.07) is 2.01. The Kier molecular flexibility index (Phi) is 2.97. The number of rotatable bonds is 2. The molecule has 0 saturated carbocycles. The molecular weight excluding hydrogens is 266 g/mol. The van der Waals surface area contributed by atoms with Crippen molar-refractivity contribution in [1.29, 1.82) is 0 Å². The third-order valence-corrected chi connectivity index (χ3v) is 3.63. The molecule has 1 N–H and O–H groups in total. The minimum absolute atomic E-state index is 0.789. The molecule has 0 amide bonds. The van der Waals surface area contributed by atoms with E-state index in [-0.39, 0.29) is 0 Å². The molecule has 0 aromatic carbocycles. The van der Waals surface area contributed by atoms with E-state index in [1.807, 2.05) is 12.3 Å². The minimum Gasteiger partial charge on any atom is -0.354 e. The maximum absolute atomic E-state index is 4.77. The van der Waals surface area contributed by atoms with Gasteiger partial charge in [-0.05, 0) is 6.07 Å². The average molecular weight is 281 g/mol. The van der Waals surface area contributed by atoms with Gasteiger partial charge in [0.05, 0.1) is 23.7 Å². The quantitative estimate of drug-likeness (QED) is 0.741. The van der Waals surface area contributed by atoms with Crippen molar-refractivity contribution < 1.29 is 0 Å². The highest BCUT2D eigenvalue weighted by atomic mass is 15.3. The number of hydrogen-bond donors (Lipinski definition) is 1. The smallest absolute Gasteiger partial charge is 0.166 e. The van der Waals surface area contributed by atoms with E-state index in [9.17, 15) is 0 Å². The Morgan fingerprint density at radius 1 is 1.10 bits per heavy atom. The van der Waals surface area contributed by atoms with Gasteiger partial charge in [0.1, 0.15) is 5.82 Å². The highest BCUT2D eigenvalue weighted by Crippen LogP contribution is 2.22. The molecule has 7 nitrogen and oxygen atoms in total. The van der Waals surface area contributed by atoms with Crippen LogP contribution in [0.5, 0.6) is 0 Å². The fourth-order valence-corrected chi connectivity index (χ4v) is 2.55. The Morgan fingerprint density at radius 3 is 2.81 bits per heavy atom. The molecule has 4 heterocycles. The van der Waals surface area contributed by atoms with Crippen LogP contribution < -0.4 is 10.2 Å². The SMILES string of the molecule is c1cnc(-c2cnn3ccc(N4CCNCC4)nc23)cn1. The lowest BCUT2D eigenvalue weighted by Crippen LogP contribution is -2.43. The van der Waals surface area contributed by atoms with Crippen LogP contribution in [0.2, 0.25) is 0 Å². The molecule has 3 aromatic heterocycles. The van der Waals surface area contributed by atoms with Crippen LogP contribution in [0.1, 0.15) is 0 Å². The number of nitrogens with one attached hydrogen (secondary N) is 1. The molecule has 0 atom stereocenters. The lowest BCUT2D eigenvalue weighted by molar-refractivity contribution is 0.585. The predicted molar refractivity (Wildman–Crippen MR) is 79.1 cm³/mol. The third kappa shape index (κ3) is 2.21. The molecule has 7 heteroatoms. The van der Waals surface area contributed by atoms with Crippen molar-refractivity contribution in [3.63, 3.8) is 0 Å². The first kappa shape index (κ1) is 12.2. The summed E-state index contributed by atoms with van der Waals surface area (Å²) >= 11 is 0. The molecule has 1 saturated heterocycles. The maximum Gasteiger partial charge on any atom is 0.166 e. The average Bonchev–Trinajstić information content (AvgIpc) is 2.99. The summed E-state index contributed by atoms with van der Waals surface area (Å²) in [4.78, 5) is 15.5. The van der Waals surface area contributed by atoms with E-state index in [2.05, 4.69) is 25.3 Å². The predicted octanol–water partition coefficient (Wildman–Crippen LogP) is 0.596. The second-order valence-corrected chi connectivity index (χ2v) is 4.94. The molecule has 0 radical (unpaired) electrons. The van der Waals surface area contributed by atoms with Gasteiger partial charge in [0.15, 0.2) is 5.65 Å². The third-order valence-electron chi connectivity index (χ3n) is 3.63. The number of hydrogen-bond acceptors (Lipinski definition) is 6. The summed E-state index contributed by atoms with van der Waals surface area (Å²) in [5.74, 6) is 0.981. The number of anilines is 1. The largest absolute Gasteiger partial charge is 0.354 e. The van der Waals surface area contributed by atoms with E-state index in [0.717, 1.165) is 48.9 Å². The van der Waals surface area contributed by atoms with Gasteiger partial charge in [-0.3, -0.25) is 9.97 Å². The van der Waals surface area contributed by atoms with Gasteiger partial charge in [-0.2, -0.15) is 5.10 Å². The second kappa shape index (κ2) is 5.10. The van der Waals surface area contributed by atoms with E-state index in [0.29, 0.717) is 0 Å². The molecule has 21 heavy (non-hydrogen) atoms. The summed E-state index contributed by atoms with van der Waals surface area (Å²) < 4.78 is 1.77. The van der Waals surface area contributed by atoms with Crippen molar-refractivity contribution in [2.75, 3.05) is 31.1 Å². The second-order valence-electron chi connectivity index (χ2n) is 4.94. The molecule has 0 aliphatic carbocycles. The van der Waals surface area contributed by atoms with Gasteiger partial charge in [0.25, 0.3) is 0 Å². The first-order valence-electron chi connectivity index (χ1n) is 6.98. The van der Waals surface area contributed by atoms with Crippen LogP contribution in [0.4, 0.5) is 5.82 Å². The van der Waals surface area contributed by atoms with Gasteiger partial charge in [0, 0.05) is 44.8 Å². The van der Waals surface area contributed by atoms with Crippen molar-refractivity contribution in [1.82, 2.24) is 29.9 Å². The van der Waals surface area contributed by atoms with Crippen molar-refractivity contribution in [3.05, 3.63) is 37.1 Å². The fraction of sp³-hybridized carbons (Fsp3) is 0.286.